The van der Waals surface area contributed by atoms with Gasteiger partial charge in [0.2, 0.25) is 0 Å². The molecule has 5 heteroatoms. The predicted octanol–water partition coefficient (Wildman–Crippen LogP) is 20.2. The molecule has 1 aliphatic carbocycles. The van der Waals surface area contributed by atoms with Crippen LogP contribution in [0.15, 0.2) is 267 Å². The van der Waals surface area contributed by atoms with Crippen LogP contribution in [0.4, 0.5) is 45.5 Å². The first-order valence-corrected chi connectivity index (χ1v) is 27.8. The predicted molar refractivity (Wildman–Crippen MR) is 337 cm³/mol. The Balaban J connectivity index is 0.896. The minimum Gasteiger partial charge on any atom is -0.333 e. The van der Waals surface area contributed by atoms with Crippen LogP contribution in [0.3, 0.4) is 0 Å². The lowest BCUT2D eigenvalue weighted by Gasteiger charge is -2.30. The van der Waals surface area contributed by atoms with Crippen LogP contribution in [0.2, 0.25) is 0 Å². The topological polar surface area (TPSA) is 27.5 Å². The van der Waals surface area contributed by atoms with Crippen LogP contribution < -0.4 is 14.7 Å². The minimum atomic E-state index is 0.194. The van der Waals surface area contributed by atoms with Gasteiger partial charge in [-0.1, -0.05) is 168 Å². The van der Waals surface area contributed by atoms with Gasteiger partial charge in [0.05, 0.1) is 17.1 Å². The normalized spacial score (nSPS) is 13.6. The van der Waals surface area contributed by atoms with Crippen molar-refractivity contribution in [3.8, 4) is 39.1 Å². The molecule has 80 heavy (non-hydrogen) atoms. The van der Waals surface area contributed by atoms with E-state index in [0.717, 1.165) is 85.3 Å². The van der Waals surface area contributed by atoms with Gasteiger partial charge in [-0.05, 0) is 171 Å². The number of rotatable bonds is 11. The van der Waals surface area contributed by atoms with Crippen molar-refractivity contribution in [1.29, 1.82) is 0 Å². The molecule has 0 bridgehead atoms. The molecule has 0 spiro atoms. The van der Waals surface area contributed by atoms with Crippen molar-refractivity contribution in [2.45, 2.75) is 40.2 Å². The molecule has 0 saturated carbocycles. The molecule has 0 fully saturated rings. The number of aromatic nitrogens is 2. The van der Waals surface area contributed by atoms with Gasteiger partial charge in [0, 0.05) is 91.0 Å². The molecule has 1 aliphatic heterocycles. The van der Waals surface area contributed by atoms with Gasteiger partial charge in [-0.2, -0.15) is 0 Å². The maximum Gasteiger partial charge on any atom is 0.0632 e. The third kappa shape index (κ3) is 8.83. The SMILES string of the molecule is Cc1ccc(N(c2ccc(C)cc2)c2cc(-c3ccc(-c4cncc(-c5cc(N6c7ccccc7C7=CC=CCC76)cc(-n6c7ccccc7c7ccccc76)c5)c4)cc3)cc(N(c3ccc(C)cc3)c3ccc(C)cc3)c2)cc1. The number of hydrogen-bond acceptors (Lipinski definition) is 4. The number of para-hydroxylation sites is 3. The summed E-state index contributed by atoms with van der Waals surface area (Å²) in [5.74, 6) is 0. The Labute approximate surface area is 468 Å². The monoisotopic (exact) mass is 1030 g/mol. The van der Waals surface area contributed by atoms with Crippen molar-refractivity contribution in [2.24, 2.45) is 0 Å². The molecule has 0 N–H and O–H groups in total. The van der Waals surface area contributed by atoms with E-state index in [9.17, 15) is 0 Å². The van der Waals surface area contributed by atoms with E-state index < -0.39 is 0 Å². The number of aryl methyl sites for hydroxylation is 4. The smallest absolute Gasteiger partial charge is 0.0632 e. The summed E-state index contributed by atoms with van der Waals surface area (Å²) in [5.41, 5.74) is 26.4. The van der Waals surface area contributed by atoms with Gasteiger partial charge in [-0.15, -0.1) is 0 Å². The zero-order valence-corrected chi connectivity index (χ0v) is 45.4. The fourth-order valence-corrected chi connectivity index (χ4v) is 12.1. The van der Waals surface area contributed by atoms with Crippen LogP contribution in [-0.2, 0) is 0 Å². The zero-order valence-electron chi connectivity index (χ0n) is 45.4. The standard InChI is InChI=1S/C75H59N5/c1-50-21-33-60(34-22-50)77(61-35-23-51(2)24-36-61)64-42-56(43-65(46-64)78(62-37-25-52(3)26-38-62)63-39-27-53(4)28-40-63)54-29-31-55(32-30-54)58-41-59(49-76-48-58)57-44-66(79-72-17-9-5-13-68(72)69-14-6-10-18-73(69)79)47-67(45-57)80-74-19-11-7-15-70(74)71-16-8-12-20-75(71)80/h5-19,21-49,75H,20H2,1-4H3. The summed E-state index contributed by atoms with van der Waals surface area (Å²) < 4.78 is 2.44. The lowest BCUT2D eigenvalue weighted by molar-refractivity contribution is 0.829. The van der Waals surface area contributed by atoms with Gasteiger partial charge >= 0.3 is 0 Å². The van der Waals surface area contributed by atoms with Crippen LogP contribution >= 0.6 is 0 Å². The molecule has 0 saturated heterocycles. The summed E-state index contributed by atoms with van der Waals surface area (Å²) >= 11 is 0. The quantitative estimate of drug-likeness (QED) is 0.129. The molecule has 5 nitrogen and oxygen atoms in total. The van der Waals surface area contributed by atoms with E-state index in [2.05, 4.69) is 302 Å². The number of allylic oxidation sites excluding steroid dienone is 2. The Kier molecular flexibility index (Phi) is 12.2. The molecule has 14 rings (SSSR count). The summed E-state index contributed by atoms with van der Waals surface area (Å²) in [6.07, 6.45) is 11.8. The van der Waals surface area contributed by atoms with Crippen molar-refractivity contribution in [2.75, 3.05) is 14.7 Å². The fraction of sp³-hybridized carbons (Fsp3) is 0.0800. The number of hydrogen-bond donors (Lipinski definition) is 0. The Morgan fingerprint density at radius 2 is 0.838 bits per heavy atom. The number of anilines is 8. The average Bonchev–Trinajstić information content (AvgIpc) is 4.08. The van der Waals surface area contributed by atoms with E-state index in [1.54, 1.807) is 0 Å². The third-order valence-corrected chi connectivity index (χ3v) is 16.1. The first-order valence-electron chi connectivity index (χ1n) is 27.8. The Morgan fingerprint density at radius 1 is 0.388 bits per heavy atom. The van der Waals surface area contributed by atoms with Crippen LogP contribution in [0.1, 0.15) is 34.2 Å². The highest BCUT2D eigenvalue weighted by Crippen LogP contribution is 2.49. The molecular weight excluding hydrogens is 971 g/mol. The highest BCUT2D eigenvalue weighted by molar-refractivity contribution is 6.09. The molecule has 12 aromatic rings. The Morgan fingerprint density at radius 3 is 1.38 bits per heavy atom. The van der Waals surface area contributed by atoms with Crippen LogP contribution in [0.5, 0.6) is 0 Å². The summed E-state index contributed by atoms with van der Waals surface area (Å²) in [6.45, 7) is 8.58. The van der Waals surface area contributed by atoms with Gasteiger partial charge < -0.3 is 19.3 Å². The number of benzene rings is 10. The maximum atomic E-state index is 4.99. The fourth-order valence-electron chi connectivity index (χ4n) is 12.1. The first-order chi connectivity index (χ1) is 39.3. The second-order valence-corrected chi connectivity index (χ2v) is 21.6. The lowest BCUT2D eigenvalue weighted by Crippen LogP contribution is -2.27. The zero-order chi connectivity index (χ0) is 53.8. The highest BCUT2D eigenvalue weighted by Gasteiger charge is 2.35. The molecule has 384 valence electrons. The molecule has 2 aliphatic rings. The maximum absolute atomic E-state index is 4.99. The first kappa shape index (κ1) is 48.4. The van der Waals surface area contributed by atoms with Crippen LogP contribution in [0, 0.1) is 27.7 Å². The molecule has 1 atom stereocenters. The van der Waals surface area contributed by atoms with Crippen molar-refractivity contribution in [3.05, 3.63) is 295 Å². The summed E-state index contributed by atoms with van der Waals surface area (Å²) in [5, 5.41) is 2.48. The molecule has 1 unspecified atom stereocenters. The number of pyridine rings is 1. The van der Waals surface area contributed by atoms with Gasteiger partial charge in [-0.3, -0.25) is 4.98 Å². The van der Waals surface area contributed by atoms with E-state index in [1.807, 2.05) is 12.4 Å². The Bertz CT molecular complexity index is 4100. The largest absolute Gasteiger partial charge is 0.333 e. The summed E-state index contributed by atoms with van der Waals surface area (Å²) in [7, 11) is 0. The van der Waals surface area contributed by atoms with Crippen molar-refractivity contribution in [1.82, 2.24) is 9.55 Å². The second kappa shape index (κ2) is 20.1. The van der Waals surface area contributed by atoms with Crippen molar-refractivity contribution in [3.63, 3.8) is 0 Å². The van der Waals surface area contributed by atoms with Crippen molar-refractivity contribution < 1.29 is 0 Å². The van der Waals surface area contributed by atoms with E-state index >= 15 is 0 Å². The third-order valence-electron chi connectivity index (χ3n) is 16.1. The van der Waals surface area contributed by atoms with E-state index in [1.165, 1.54) is 60.9 Å². The molecular formula is C75H59N5. The molecule has 2 aromatic heterocycles. The van der Waals surface area contributed by atoms with Gasteiger partial charge in [0.1, 0.15) is 0 Å². The van der Waals surface area contributed by atoms with Gasteiger partial charge in [0.15, 0.2) is 0 Å². The molecule has 0 amide bonds. The van der Waals surface area contributed by atoms with Crippen molar-refractivity contribution >= 4 is 72.9 Å². The minimum absolute atomic E-state index is 0.194. The number of fused-ring (bicyclic) bond motifs is 6. The van der Waals surface area contributed by atoms with E-state index in [-0.39, 0.29) is 6.04 Å². The lowest BCUT2D eigenvalue weighted by atomic mass is 9.95. The van der Waals surface area contributed by atoms with Gasteiger partial charge in [0.25, 0.3) is 0 Å². The van der Waals surface area contributed by atoms with Gasteiger partial charge in [-0.25, -0.2) is 0 Å². The van der Waals surface area contributed by atoms with Crippen LogP contribution in [0.25, 0.3) is 66.4 Å². The average molecular weight is 1030 g/mol. The Hall–Kier alpha value is -9.97. The second-order valence-electron chi connectivity index (χ2n) is 21.6. The molecule has 3 heterocycles. The summed E-state index contributed by atoms with van der Waals surface area (Å²) in [6, 6.07) is 87.5. The van der Waals surface area contributed by atoms with E-state index in [0.29, 0.717) is 0 Å². The number of nitrogens with zero attached hydrogens (tertiary/aromatic N) is 5. The van der Waals surface area contributed by atoms with Crippen LogP contribution in [-0.4, -0.2) is 15.6 Å². The highest BCUT2D eigenvalue weighted by atomic mass is 15.2. The molecule has 10 aromatic carbocycles. The molecule has 0 radical (unpaired) electrons. The van der Waals surface area contributed by atoms with E-state index in [4.69, 9.17) is 4.98 Å². The summed E-state index contributed by atoms with van der Waals surface area (Å²) in [4.78, 5) is 12.3.